The molecule has 0 bridgehead atoms. The predicted molar refractivity (Wildman–Crippen MR) is 98.7 cm³/mol. The van der Waals surface area contributed by atoms with Crippen molar-refractivity contribution in [2.45, 2.75) is 71.1 Å². The van der Waals surface area contributed by atoms with Crippen LogP contribution >= 0.6 is 0 Å². The molecule has 24 heavy (non-hydrogen) atoms. The van der Waals surface area contributed by atoms with Crippen molar-refractivity contribution in [1.29, 1.82) is 0 Å². The predicted octanol–water partition coefficient (Wildman–Crippen LogP) is 3.27. The first-order chi connectivity index (χ1) is 11.3. The van der Waals surface area contributed by atoms with E-state index < -0.39 is 0 Å². The molecule has 0 fully saturated rings. The quantitative estimate of drug-likeness (QED) is 0.282. The molecule has 0 aliphatic rings. The van der Waals surface area contributed by atoms with Crippen molar-refractivity contribution in [1.82, 2.24) is 5.32 Å². The van der Waals surface area contributed by atoms with Gasteiger partial charge in [0.05, 0.1) is 27.7 Å². The minimum atomic E-state index is -0.154. The Morgan fingerprint density at radius 2 is 1.42 bits per heavy atom. The van der Waals surface area contributed by atoms with Crippen LogP contribution < -0.4 is 5.32 Å². The van der Waals surface area contributed by atoms with E-state index in [1.807, 2.05) is 21.1 Å². The first-order valence-electron chi connectivity index (χ1n) is 9.58. The van der Waals surface area contributed by atoms with E-state index in [1.54, 1.807) is 0 Å². The summed E-state index contributed by atoms with van der Waals surface area (Å²) in [4.78, 5) is 23.2. The molecule has 0 aromatic carbocycles. The lowest BCUT2D eigenvalue weighted by Crippen LogP contribution is -2.44. The summed E-state index contributed by atoms with van der Waals surface area (Å²) >= 11 is 0. The van der Waals surface area contributed by atoms with E-state index in [2.05, 4.69) is 12.2 Å². The van der Waals surface area contributed by atoms with Crippen LogP contribution in [0.4, 0.5) is 0 Å². The van der Waals surface area contributed by atoms with Gasteiger partial charge in [-0.15, -0.1) is 0 Å². The summed E-state index contributed by atoms with van der Waals surface area (Å²) in [5, 5.41) is 2.77. The number of carbonyl (C=O) groups is 2. The van der Waals surface area contributed by atoms with Gasteiger partial charge >= 0.3 is 5.97 Å². The van der Waals surface area contributed by atoms with Gasteiger partial charge in [0.25, 0.3) is 5.91 Å². The second kappa shape index (κ2) is 14.3. The van der Waals surface area contributed by atoms with E-state index in [4.69, 9.17) is 4.74 Å². The molecule has 0 aromatic heterocycles. The zero-order valence-electron chi connectivity index (χ0n) is 16.4. The number of hydrogen-bond acceptors (Lipinski definition) is 3. The smallest absolute Gasteiger partial charge is 0.305 e. The van der Waals surface area contributed by atoms with Gasteiger partial charge in [-0.05, 0) is 6.42 Å². The Hall–Kier alpha value is -1.10. The van der Waals surface area contributed by atoms with Crippen LogP contribution in [-0.2, 0) is 14.3 Å². The molecule has 5 heteroatoms. The molecule has 0 radical (unpaired) electrons. The highest BCUT2D eigenvalue weighted by molar-refractivity contribution is 5.77. The zero-order chi connectivity index (χ0) is 18.3. The molecule has 0 spiro atoms. The number of hydrogen-bond donors (Lipinski definition) is 1. The topological polar surface area (TPSA) is 55.4 Å². The number of amides is 1. The third-order valence-electron chi connectivity index (χ3n) is 3.79. The number of unbranched alkanes of at least 4 members (excludes halogenated alkanes) is 8. The maximum absolute atomic E-state index is 11.6. The van der Waals surface area contributed by atoms with Crippen molar-refractivity contribution in [3.63, 3.8) is 0 Å². The fraction of sp³-hybridized carbons (Fsp3) is 0.895. The van der Waals surface area contributed by atoms with Crippen molar-refractivity contribution in [2.24, 2.45) is 0 Å². The van der Waals surface area contributed by atoms with Gasteiger partial charge in [-0.1, -0.05) is 58.3 Å². The summed E-state index contributed by atoms with van der Waals surface area (Å²) < 4.78 is 5.72. The monoisotopic (exact) mass is 343 g/mol. The summed E-state index contributed by atoms with van der Waals surface area (Å²) in [7, 11) is 5.89. The van der Waals surface area contributed by atoms with Gasteiger partial charge in [0.15, 0.2) is 6.54 Å². The number of nitrogens with zero attached hydrogens (tertiary/aromatic N) is 1. The fourth-order valence-electron chi connectivity index (χ4n) is 2.49. The van der Waals surface area contributed by atoms with Crippen molar-refractivity contribution in [2.75, 3.05) is 40.8 Å². The summed E-state index contributed by atoms with van der Waals surface area (Å²) in [6.45, 7) is 3.31. The number of likely N-dealkylation sites (N-methyl/N-ethyl adjacent to an activating group) is 1. The van der Waals surface area contributed by atoms with Gasteiger partial charge in [0.2, 0.25) is 0 Å². The van der Waals surface area contributed by atoms with Gasteiger partial charge in [0.1, 0.15) is 6.61 Å². The minimum absolute atomic E-state index is 0.0162. The highest BCUT2D eigenvalue weighted by Crippen LogP contribution is 2.10. The largest absolute Gasteiger partial charge is 0.464 e. The molecule has 0 rings (SSSR count). The fourth-order valence-corrected chi connectivity index (χ4v) is 2.49. The van der Waals surface area contributed by atoms with E-state index in [0.29, 0.717) is 24.0 Å². The molecule has 0 aromatic rings. The lowest BCUT2D eigenvalue weighted by Gasteiger charge is -2.22. The standard InChI is InChI=1S/C19H38N2O3/c1-5-6-7-8-9-10-11-12-13-14-19(23)24-16-15-20-18(22)17-21(2,3)4/h5-17H2,1-4H3/p+1. The summed E-state index contributed by atoms with van der Waals surface area (Å²) in [5.74, 6) is -0.170. The second-order valence-corrected chi connectivity index (χ2v) is 7.60. The number of quaternary nitrogens is 1. The molecular weight excluding hydrogens is 304 g/mol. The molecule has 1 amide bonds. The Kier molecular flexibility index (Phi) is 13.6. The number of carbonyl (C=O) groups excluding carboxylic acids is 2. The van der Waals surface area contributed by atoms with E-state index in [1.165, 1.54) is 44.9 Å². The maximum atomic E-state index is 11.6. The Labute approximate surface area is 148 Å². The lowest BCUT2D eigenvalue weighted by molar-refractivity contribution is -0.862. The third-order valence-corrected chi connectivity index (χ3v) is 3.79. The maximum Gasteiger partial charge on any atom is 0.305 e. The molecule has 0 heterocycles. The first-order valence-corrected chi connectivity index (χ1v) is 9.58. The highest BCUT2D eigenvalue weighted by Gasteiger charge is 2.13. The van der Waals surface area contributed by atoms with Gasteiger partial charge < -0.3 is 14.5 Å². The minimum Gasteiger partial charge on any atom is -0.464 e. The van der Waals surface area contributed by atoms with Crippen molar-refractivity contribution in [3.8, 4) is 0 Å². The Balaban J connectivity index is 3.37. The molecule has 0 atom stereocenters. The third kappa shape index (κ3) is 17.3. The van der Waals surface area contributed by atoms with E-state index >= 15 is 0 Å². The van der Waals surface area contributed by atoms with Crippen molar-refractivity contribution >= 4 is 11.9 Å². The second-order valence-electron chi connectivity index (χ2n) is 7.60. The van der Waals surface area contributed by atoms with Crippen LogP contribution in [0.15, 0.2) is 0 Å². The van der Waals surface area contributed by atoms with Crippen LogP contribution in [0.25, 0.3) is 0 Å². The number of ether oxygens (including phenoxy) is 1. The molecular formula is C19H39N2O3+. The molecule has 142 valence electrons. The molecule has 5 nitrogen and oxygen atoms in total. The molecule has 0 unspecified atom stereocenters. The normalized spacial score (nSPS) is 11.3. The van der Waals surface area contributed by atoms with Crippen molar-refractivity contribution < 1.29 is 18.8 Å². The molecule has 0 aliphatic heterocycles. The SMILES string of the molecule is CCCCCCCCCCCC(=O)OCCNC(=O)C[N+](C)(C)C. The van der Waals surface area contributed by atoms with E-state index in [-0.39, 0.29) is 18.5 Å². The number of nitrogens with one attached hydrogen (secondary N) is 1. The van der Waals surface area contributed by atoms with E-state index in [9.17, 15) is 9.59 Å². The average Bonchev–Trinajstić information content (AvgIpc) is 2.48. The van der Waals surface area contributed by atoms with Crippen LogP contribution in [-0.4, -0.2) is 57.2 Å². The van der Waals surface area contributed by atoms with Crippen LogP contribution in [0.2, 0.25) is 0 Å². The first kappa shape index (κ1) is 22.9. The number of esters is 1. The van der Waals surface area contributed by atoms with Gasteiger partial charge in [-0.2, -0.15) is 0 Å². The van der Waals surface area contributed by atoms with Crippen LogP contribution in [0.3, 0.4) is 0 Å². The highest BCUT2D eigenvalue weighted by atomic mass is 16.5. The molecule has 1 N–H and O–H groups in total. The average molecular weight is 344 g/mol. The zero-order valence-corrected chi connectivity index (χ0v) is 16.4. The summed E-state index contributed by atoms with van der Waals surface area (Å²) in [6, 6.07) is 0. The van der Waals surface area contributed by atoms with Crippen LogP contribution in [0, 0.1) is 0 Å². The molecule has 0 aliphatic carbocycles. The summed E-state index contributed by atoms with van der Waals surface area (Å²) in [6.07, 6.45) is 11.6. The van der Waals surface area contributed by atoms with Gasteiger partial charge in [-0.3, -0.25) is 9.59 Å². The van der Waals surface area contributed by atoms with Crippen LogP contribution in [0.1, 0.15) is 71.1 Å². The van der Waals surface area contributed by atoms with Crippen molar-refractivity contribution in [3.05, 3.63) is 0 Å². The Morgan fingerprint density at radius 1 is 0.875 bits per heavy atom. The lowest BCUT2D eigenvalue weighted by atomic mass is 10.1. The molecule has 0 saturated heterocycles. The number of rotatable bonds is 15. The molecule has 0 saturated carbocycles. The van der Waals surface area contributed by atoms with Gasteiger partial charge in [0, 0.05) is 6.42 Å². The Bertz CT molecular complexity index is 338. The summed E-state index contributed by atoms with van der Waals surface area (Å²) in [5.41, 5.74) is 0. The van der Waals surface area contributed by atoms with Gasteiger partial charge in [-0.25, -0.2) is 0 Å². The van der Waals surface area contributed by atoms with Crippen LogP contribution in [0.5, 0.6) is 0 Å². The Morgan fingerprint density at radius 3 is 1.96 bits per heavy atom. The van der Waals surface area contributed by atoms with E-state index in [0.717, 1.165) is 12.8 Å².